The molecule has 0 aliphatic rings. The molecule has 0 fully saturated rings. The minimum Gasteiger partial charge on any atom is -0.375 e. The second-order valence-electron chi connectivity index (χ2n) is 6.12. The molecule has 0 aliphatic carbocycles. The van der Waals surface area contributed by atoms with E-state index < -0.39 is 0 Å². The molecule has 0 bridgehead atoms. The molecular weight excluding hydrogens is 260 g/mol. The van der Waals surface area contributed by atoms with Crippen molar-refractivity contribution < 1.29 is 9.53 Å². The first-order valence-corrected chi connectivity index (χ1v) is 7.34. The molecule has 0 radical (unpaired) electrons. The van der Waals surface area contributed by atoms with E-state index in [2.05, 4.69) is 45.9 Å². The van der Waals surface area contributed by atoms with Crippen LogP contribution in [0.25, 0.3) is 0 Å². The Morgan fingerprint density at radius 3 is 2.32 bits per heavy atom. The number of nitrogens with zero attached hydrogens (tertiary/aromatic N) is 1. The predicted molar refractivity (Wildman–Crippen MR) is 83.1 cm³/mol. The fraction of sp³-hybridized carbons (Fsp3) is 0.929. The van der Waals surface area contributed by atoms with Crippen LogP contribution in [0.1, 0.15) is 60.3 Å². The van der Waals surface area contributed by atoms with E-state index in [1.165, 1.54) is 0 Å². The predicted octanol–water partition coefficient (Wildman–Crippen LogP) is 2.99. The Morgan fingerprint density at radius 2 is 1.89 bits per heavy atom. The minimum atomic E-state index is -0.200. The highest BCUT2D eigenvalue weighted by molar-refractivity contribution is 7.77. The van der Waals surface area contributed by atoms with Gasteiger partial charge in [0, 0.05) is 25.6 Å². The normalized spacial score (nSPS) is 15.6. The second-order valence-corrected chi connectivity index (χ2v) is 6.72. The van der Waals surface area contributed by atoms with Gasteiger partial charge in [-0.05, 0) is 47.0 Å². The first-order chi connectivity index (χ1) is 8.60. The van der Waals surface area contributed by atoms with Gasteiger partial charge in [0.25, 0.3) is 0 Å². The van der Waals surface area contributed by atoms with Gasteiger partial charge in [-0.2, -0.15) is 4.41 Å². The average Bonchev–Trinajstić information content (AvgIpc) is 2.24. The van der Waals surface area contributed by atoms with Gasteiger partial charge in [-0.1, -0.05) is 19.7 Å². The largest absolute Gasteiger partial charge is 0.375 e. The van der Waals surface area contributed by atoms with Crippen LogP contribution >= 0.6 is 12.8 Å². The van der Waals surface area contributed by atoms with E-state index in [0.717, 1.165) is 19.3 Å². The standard InChI is InChI=1S/C14H30N2O2S/c1-7-14(5,9-8-12(2)17)18-11-10-13(3,4)15-16(6)19/h15,19H,7-11H2,1-6H3. The van der Waals surface area contributed by atoms with Crippen LogP contribution in [-0.2, 0) is 9.53 Å². The van der Waals surface area contributed by atoms with Crippen molar-refractivity contribution in [3.8, 4) is 0 Å². The van der Waals surface area contributed by atoms with Crippen LogP contribution in [0.15, 0.2) is 0 Å². The molecule has 1 N–H and O–H groups in total. The van der Waals surface area contributed by atoms with Gasteiger partial charge in [-0.3, -0.25) is 0 Å². The van der Waals surface area contributed by atoms with E-state index in [4.69, 9.17) is 4.74 Å². The summed E-state index contributed by atoms with van der Waals surface area (Å²) in [6.07, 6.45) is 3.18. The van der Waals surface area contributed by atoms with Crippen LogP contribution in [-0.4, -0.2) is 35.0 Å². The highest BCUT2D eigenvalue weighted by Crippen LogP contribution is 2.23. The van der Waals surface area contributed by atoms with Crippen molar-refractivity contribution in [1.82, 2.24) is 9.84 Å². The lowest BCUT2D eigenvalue weighted by Gasteiger charge is -2.33. The number of carbonyl (C=O) groups is 1. The topological polar surface area (TPSA) is 41.6 Å². The van der Waals surface area contributed by atoms with Crippen molar-refractivity contribution in [3.05, 3.63) is 0 Å². The summed E-state index contributed by atoms with van der Waals surface area (Å²) in [6, 6.07) is 0. The molecule has 0 amide bonds. The van der Waals surface area contributed by atoms with E-state index in [1.807, 2.05) is 7.05 Å². The molecule has 0 rings (SSSR count). The van der Waals surface area contributed by atoms with Gasteiger partial charge in [0.2, 0.25) is 0 Å². The summed E-state index contributed by atoms with van der Waals surface area (Å²) < 4.78 is 7.67. The number of nitrogens with one attached hydrogen (secondary N) is 1. The number of hydrogen-bond acceptors (Lipinski definition) is 5. The average molecular weight is 290 g/mol. The summed E-state index contributed by atoms with van der Waals surface area (Å²) >= 11 is 4.19. The van der Waals surface area contributed by atoms with E-state index >= 15 is 0 Å². The Kier molecular flexibility index (Phi) is 8.20. The molecular formula is C14H30N2O2S. The number of ketones is 1. The summed E-state index contributed by atoms with van der Waals surface area (Å²) in [5.74, 6) is 0.224. The van der Waals surface area contributed by atoms with Gasteiger partial charge in [0.1, 0.15) is 5.78 Å². The van der Waals surface area contributed by atoms with Crippen LogP contribution in [0.4, 0.5) is 0 Å². The summed E-state index contributed by atoms with van der Waals surface area (Å²) in [5.41, 5.74) is 2.97. The molecule has 0 heterocycles. The monoisotopic (exact) mass is 290 g/mol. The zero-order valence-electron chi connectivity index (χ0n) is 13.2. The highest BCUT2D eigenvalue weighted by Gasteiger charge is 2.25. The number of ether oxygens (including phenoxy) is 1. The van der Waals surface area contributed by atoms with Gasteiger partial charge in [0.15, 0.2) is 0 Å². The lowest BCUT2D eigenvalue weighted by molar-refractivity contribution is -0.119. The zero-order chi connectivity index (χ0) is 15.1. The van der Waals surface area contributed by atoms with E-state index in [9.17, 15) is 4.79 Å². The molecule has 114 valence electrons. The van der Waals surface area contributed by atoms with Gasteiger partial charge >= 0.3 is 0 Å². The Bertz CT molecular complexity index is 283. The first kappa shape index (κ1) is 18.9. The Hall–Kier alpha value is -0.100. The fourth-order valence-corrected chi connectivity index (χ4v) is 2.11. The van der Waals surface area contributed by atoms with Crippen LogP contribution in [0.2, 0.25) is 0 Å². The Labute approximate surface area is 123 Å². The van der Waals surface area contributed by atoms with Gasteiger partial charge in [-0.25, -0.2) is 5.43 Å². The minimum absolute atomic E-state index is 0.0638. The smallest absolute Gasteiger partial charge is 0.129 e. The summed E-state index contributed by atoms with van der Waals surface area (Å²) in [6.45, 7) is 10.7. The number of rotatable bonds is 10. The quantitative estimate of drug-likeness (QED) is 0.479. The van der Waals surface area contributed by atoms with Gasteiger partial charge < -0.3 is 9.53 Å². The van der Waals surface area contributed by atoms with Crippen molar-refractivity contribution in [2.75, 3.05) is 13.7 Å². The Morgan fingerprint density at radius 1 is 1.32 bits per heavy atom. The van der Waals surface area contributed by atoms with E-state index in [0.29, 0.717) is 13.0 Å². The molecule has 0 aromatic heterocycles. The fourth-order valence-electron chi connectivity index (χ4n) is 1.84. The molecule has 0 aromatic carbocycles. The number of hydrazine groups is 1. The van der Waals surface area contributed by atoms with Crippen molar-refractivity contribution in [2.45, 2.75) is 71.4 Å². The summed E-state index contributed by atoms with van der Waals surface area (Å²) in [5, 5.41) is 0. The number of Topliss-reactive ketones (excluding diaryl/α,β-unsaturated/α-hetero) is 1. The SMILES string of the molecule is CCC(C)(CCC(C)=O)OCCC(C)(C)NN(C)S. The maximum absolute atomic E-state index is 11.1. The maximum Gasteiger partial charge on any atom is 0.129 e. The van der Waals surface area contributed by atoms with Crippen LogP contribution < -0.4 is 5.43 Å². The number of carbonyl (C=O) groups excluding carboxylic acids is 1. The molecule has 1 unspecified atom stereocenters. The van der Waals surface area contributed by atoms with Crippen LogP contribution in [0.5, 0.6) is 0 Å². The van der Waals surface area contributed by atoms with Crippen LogP contribution in [0.3, 0.4) is 0 Å². The zero-order valence-corrected chi connectivity index (χ0v) is 14.1. The lowest BCUT2D eigenvalue weighted by atomic mass is 9.95. The second kappa shape index (κ2) is 8.25. The van der Waals surface area contributed by atoms with Gasteiger partial charge in [-0.15, -0.1) is 0 Å². The molecule has 0 saturated carbocycles. The maximum atomic E-state index is 11.1. The number of hydrogen-bond donors (Lipinski definition) is 2. The third-order valence-corrected chi connectivity index (χ3v) is 3.50. The van der Waals surface area contributed by atoms with Crippen molar-refractivity contribution in [2.24, 2.45) is 0 Å². The van der Waals surface area contributed by atoms with Crippen LogP contribution in [0, 0.1) is 0 Å². The summed E-state index contributed by atoms with van der Waals surface area (Å²) in [7, 11) is 1.86. The van der Waals surface area contributed by atoms with Gasteiger partial charge in [0.05, 0.1) is 5.60 Å². The molecule has 0 saturated heterocycles. The van der Waals surface area contributed by atoms with Crippen molar-refractivity contribution >= 4 is 18.6 Å². The van der Waals surface area contributed by atoms with Crippen molar-refractivity contribution in [1.29, 1.82) is 0 Å². The Balaban J connectivity index is 4.16. The third kappa shape index (κ3) is 9.44. The third-order valence-electron chi connectivity index (χ3n) is 3.40. The first-order valence-electron chi connectivity index (χ1n) is 6.94. The van der Waals surface area contributed by atoms with Crippen molar-refractivity contribution in [3.63, 3.8) is 0 Å². The molecule has 0 aliphatic heterocycles. The number of thiol groups is 1. The van der Waals surface area contributed by atoms with E-state index in [-0.39, 0.29) is 16.9 Å². The molecule has 1 atom stereocenters. The molecule has 5 heteroatoms. The molecule has 4 nitrogen and oxygen atoms in total. The molecule has 0 aromatic rings. The molecule has 0 spiro atoms. The lowest BCUT2D eigenvalue weighted by Crippen LogP contribution is -2.46. The summed E-state index contributed by atoms with van der Waals surface area (Å²) in [4.78, 5) is 11.1. The molecule has 19 heavy (non-hydrogen) atoms. The van der Waals surface area contributed by atoms with E-state index in [1.54, 1.807) is 11.3 Å². The highest BCUT2D eigenvalue weighted by atomic mass is 32.1.